The van der Waals surface area contributed by atoms with Crippen LogP contribution in [0.1, 0.15) is 38.8 Å². The molecule has 2 bridgehead atoms. The minimum absolute atomic E-state index is 0.0452. The lowest BCUT2D eigenvalue weighted by molar-refractivity contribution is -0.0830. The molecule has 0 unspecified atom stereocenters. The van der Waals surface area contributed by atoms with E-state index in [1.807, 2.05) is 18.2 Å². The van der Waals surface area contributed by atoms with Gasteiger partial charge in [0.2, 0.25) is 0 Å². The van der Waals surface area contributed by atoms with Gasteiger partial charge in [-0.2, -0.15) is 0 Å². The summed E-state index contributed by atoms with van der Waals surface area (Å²) < 4.78 is 12.1. The highest BCUT2D eigenvalue weighted by atomic mass is 16.6. The maximum Gasteiger partial charge on any atom is 0.0924 e. The fourth-order valence-corrected chi connectivity index (χ4v) is 3.06. The van der Waals surface area contributed by atoms with Crippen molar-refractivity contribution in [3.05, 3.63) is 30.1 Å². The Kier molecular flexibility index (Phi) is 2.49. The number of aromatic nitrogens is 1. The van der Waals surface area contributed by atoms with E-state index in [2.05, 4.69) is 18.8 Å². The number of nitrogens with zero attached hydrogens (tertiary/aromatic N) is 1. The summed E-state index contributed by atoms with van der Waals surface area (Å²) in [4.78, 5) is 4.28. The number of hydrogen-bond donors (Lipinski definition) is 0. The van der Waals surface area contributed by atoms with Crippen LogP contribution in [-0.4, -0.2) is 22.3 Å². The van der Waals surface area contributed by atoms with E-state index in [0.717, 1.165) is 25.0 Å². The SMILES string of the molecule is C[C@]12CC[C@](C)(O1)[C@H](OCc1ccccn1)C2. The summed E-state index contributed by atoms with van der Waals surface area (Å²) in [5, 5.41) is 0. The smallest absolute Gasteiger partial charge is 0.0924 e. The average molecular weight is 233 g/mol. The second-order valence-electron chi connectivity index (χ2n) is 5.69. The van der Waals surface area contributed by atoms with Gasteiger partial charge in [0, 0.05) is 12.6 Å². The van der Waals surface area contributed by atoms with Crippen molar-refractivity contribution in [3.8, 4) is 0 Å². The molecule has 2 aliphatic rings. The van der Waals surface area contributed by atoms with Crippen LogP contribution in [0.5, 0.6) is 0 Å². The molecule has 0 N–H and O–H groups in total. The van der Waals surface area contributed by atoms with E-state index in [1.165, 1.54) is 0 Å². The lowest BCUT2D eigenvalue weighted by Gasteiger charge is -2.29. The largest absolute Gasteiger partial charge is 0.369 e. The standard InChI is InChI=1S/C14H19NO2/c1-13-6-7-14(2,17-13)12(9-13)16-10-11-5-3-4-8-15-11/h3-5,8,12H,6-7,9-10H2,1-2H3/t12-,13-,14+/m1/s1. The van der Waals surface area contributed by atoms with Gasteiger partial charge in [0.1, 0.15) is 0 Å². The Morgan fingerprint density at radius 1 is 1.41 bits per heavy atom. The first-order valence-corrected chi connectivity index (χ1v) is 6.31. The second kappa shape index (κ2) is 3.79. The van der Waals surface area contributed by atoms with Crippen molar-refractivity contribution in [2.45, 2.75) is 57.0 Å². The topological polar surface area (TPSA) is 31.4 Å². The van der Waals surface area contributed by atoms with Crippen molar-refractivity contribution in [1.82, 2.24) is 4.98 Å². The normalized spacial score (nSPS) is 39.8. The predicted octanol–water partition coefficient (Wildman–Crippen LogP) is 2.70. The van der Waals surface area contributed by atoms with Crippen LogP contribution in [0, 0.1) is 0 Å². The van der Waals surface area contributed by atoms with Gasteiger partial charge in [0.25, 0.3) is 0 Å². The third-order valence-electron chi connectivity index (χ3n) is 4.09. The number of ether oxygens (including phenoxy) is 2. The van der Waals surface area contributed by atoms with Crippen molar-refractivity contribution in [2.75, 3.05) is 0 Å². The van der Waals surface area contributed by atoms with Gasteiger partial charge in [-0.25, -0.2) is 0 Å². The molecule has 3 heterocycles. The zero-order chi connectivity index (χ0) is 11.9. The Balaban J connectivity index is 1.64. The van der Waals surface area contributed by atoms with E-state index in [9.17, 15) is 0 Å². The molecule has 0 radical (unpaired) electrons. The van der Waals surface area contributed by atoms with Crippen molar-refractivity contribution in [2.24, 2.45) is 0 Å². The number of pyridine rings is 1. The number of hydrogen-bond acceptors (Lipinski definition) is 3. The van der Waals surface area contributed by atoms with Crippen LogP contribution >= 0.6 is 0 Å². The summed E-state index contributed by atoms with van der Waals surface area (Å²) in [7, 11) is 0. The van der Waals surface area contributed by atoms with E-state index in [0.29, 0.717) is 6.61 Å². The van der Waals surface area contributed by atoms with Gasteiger partial charge in [-0.1, -0.05) is 6.07 Å². The van der Waals surface area contributed by atoms with Gasteiger partial charge in [-0.3, -0.25) is 4.98 Å². The molecule has 17 heavy (non-hydrogen) atoms. The predicted molar refractivity (Wildman–Crippen MR) is 64.6 cm³/mol. The van der Waals surface area contributed by atoms with Crippen LogP contribution in [-0.2, 0) is 16.1 Å². The lowest BCUT2D eigenvalue weighted by Crippen LogP contribution is -2.37. The molecule has 92 valence electrons. The summed E-state index contributed by atoms with van der Waals surface area (Å²) in [5.74, 6) is 0. The molecule has 2 fully saturated rings. The van der Waals surface area contributed by atoms with Crippen molar-refractivity contribution < 1.29 is 9.47 Å². The molecule has 1 aromatic heterocycles. The molecule has 2 saturated heterocycles. The van der Waals surface area contributed by atoms with Crippen LogP contribution in [0.4, 0.5) is 0 Å². The average Bonchev–Trinajstić information content (AvgIpc) is 2.76. The Morgan fingerprint density at radius 2 is 2.29 bits per heavy atom. The molecule has 3 rings (SSSR count). The molecule has 1 aromatic rings. The Labute approximate surface area is 102 Å². The maximum absolute atomic E-state index is 6.10. The van der Waals surface area contributed by atoms with Gasteiger partial charge in [0.15, 0.2) is 0 Å². The summed E-state index contributed by atoms with van der Waals surface area (Å²) in [6.07, 6.45) is 5.29. The third kappa shape index (κ3) is 1.98. The molecular formula is C14H19NO2. The number of rotatable bonds is 3. The Bertz CT molecular complexity index is 408. The fraction of sp³-hybridized carbons (Fsp3) is 0.643. The summed E-state index contributed by atoms with van der Waals surface area (Å²) in [5.41, 5.74) is 0.955. The minimum atomic E-state index is -0.0798. The molecule has 3 atom stereocenters. The Morgan fingerprint density at radius 3 is 2.88 bits per heavy atom. The van der Waals surface area contributed by atoms with Crippen LogP contribution in [0.3, 0.4) is 0 Å². The minimum Gasteiger partial charge on any atom is -0.369 e. The molecule has 2 aliphatic heterocycles. The molecular weight excluding hydrogens is 214 g/mol. The molecule has 3 heteroatoms. The van der Waals surface area contributed by atoms with E-state index in [4.69, 9.17) is 9.47 Å². The first-order valence-electron chi connectivity index (χ1n) is 6.31. The van der Waals surface area contributed by atoms with Gasteiger partial charge in [-0.15, -0.1) is 0 Å². The first kappa shape index (κ1) is 11.2. The highest BCUT2D eigenvalue weighted by molar-refractivity contribution is 5.08. The second-order valence-corrected chi connectivity index (χ2v) is 5.69. The highest BCUT2D eigenvalue weighted by Crippen LogP contribution is 2.51. The van der Waals surface area contributed by atoms with Crippen LogP contribution in [0.15, 0.2) is 24.4 Å². The van der Waals surface area contributed by atoms with Crippen LogP contribution in [0.25, 0.3) is 0 Å². The van der Waals surface area contributed by atoms with Crippen LogP contribution in [0.2, 0.25) is 0 Å². The molecule has 0 saturated carbocycles. The van der Waals surface area contributed by atoms with E-state index >= 15 is 0 Å². The lowest BCUT2D eigenvalue weighted by atomic mass is 9.82. The third-order valence-corrected chi connectivity index (χ3v) is 4.09. The highest BCUT2D eigenvalue weighted by Gasteiger charge is 2.57. The maximum atomic E-state index is 6.10. The van der Waals surface area contributed by atoms with Crippen molar-refractivity contribution >= 4 is 0 Å². The van der Waals surface area contributed by atoms with Gasteiger partial charge >= 0.3 is 0 Å². The van der Waals surface area contributed by atoms with Crippen molar-refractivity contribution in [3.63, 3.8) is 0 Å². The quantitative estimate of drug-likeness (QED) is 0.804. The van der Waals surface area contributed by atoms with Crippen LogP contribution < -0.4 is 0 Å². The zero-order valence-electron chi connectivity index (χ0n) is 10.5. The summed E-state index contributed by atoms with van der Waals surface area (Å²) in [6, 6.07) is 5.91. The van der Waals surface area contributed by atoms with Gasteiger partial charge in [0.05, 0.1) is 29.6 Å². The van der Waals surface area contributed by atoms with Gasteiger partial charge in [-0.05, 0) is 38.8 Å². The molecule has 0 spiro atoms. The summed E-state index contributed by atoms with van der Waals surface area (Å²) in [6.45, 7) is 4.96. The molecule has 0 amide bonds. The van der Waals surface area contributed by atoms with Crippen molar-refractivity contribution in [1.29, 1.82) is 0 Å². The molecule has 0 aromatic carbocycles. The fourth-order valence-electron chi connectivity index (χ4n) is 3.06. The zero-order valence-corrected chi connectivity index (χ0v) is 10.5. The van der Waals surface area contributed by atoms with Gasteiger partial charge < -0.3 is 9.47 Å². The Hall–Kier alpha value is -0.930. The monoisotopic (exact) mass is 233 g/mol. The first-order chi connectivity index (χ1) is 8.10. The van der Waals surface area contributed by atoms with E-state index in [1.54, 1.807) is 6.20 Å². The number of fused-ring (bicyclic) bond motifs is 2. The van der Waals surface area contributed by atoms with E-state index < -0.39 is 0 Å². The van der Waals surface area contributed by atoms with E-state index in [-0.39, 0.29) is 17.3 Å². The molecule has 3 nitrogen and oxygen atoms in total. The summed E-state index contributed by atoms with van der Waals surface area (Å²) >= 11 is 0. The molecule has 0 aliphatic carbocycles.